The van der Waals surface area contributed by atoms with E-state index in [0.29, 0.717) is 12.2 Å². The second kappa shape index (κ2) is 11.1. The van der Waals surface area contributed by atoms with E-state index in [4.69, 9.17) is 4.74 Å². The Labute approximate surface area is 156 Å². The van der Waals surface area contributed by atoms with Crippen molar-refractivity contribution in [3.05, 3.63) is 65.7 Å². The van der Waals surface area contributed by atoms with Crippen LogP contribution in [0.3, 0.4) is 0 Å². The van der Waals surface area contributed by atoms with Crippen molar-refractivity contribution in [1.82, 2.24) is 5.43 Å². The molecular weight excluding hydrogens is 324 g/mol. The van der Waals surface area contributed by atoms with Crippen molar-refractivity contribution in [2.45, 2.75) is 46.0 Å². The third-order valence-electron chi connectivity index (χ3n) is 4.12. The zero-order valence-corrected chi connectivity index (χ0v) is 15.7. The van der Waals surface area contributed by atoms with Gasteiger partial charge in [-0.15, -0.1) is 0 Å². The number of amides is 1. The molecule has 0 aliphatic rings. The topological polar surface area (TPSA) is 50.7 Å². The second-order valence-corrected chi connectivity index (χ2v) is 6.15. The van der Waals surface area contributed by atoms with Crippen molar-refractivity contribution in [1.29, 1.82) is 0 Å². The van der Waals surface area contributed by atoms with Crippen LogP contribution in [0.4, 0.5) is 0 Å². The van der Waals surface area contributed by atoms with E-state index in [1.807, 2.05) is 49.4 Å². The Morgan fingerprint density at radius 3 is 2.31 bits per heavy atom. The van der Waals surface area contributed by atoms with E-state index in [0.717, 1.165) is 29.9 Å². The van der Waals surface area contributed by atoms with Gasteiger partial charge in [-0.3, -0.25) is 4.79 Å². The third kappa shape index (κ3) is 6.36. The fourth-order valence-electron chi connectivity index (χ4n) is 2.58. The first-order chi connectivity index (χ1) is 12.7. The molecule has 0 saturated carbocycles. The molecule has 4 nitrogen and oxygen atoms in total. The maximum atomic E-state index is 12.3. The van der Waals surface area contributed by atoms with Crippen molar-refractivity contribution >= 4 is 11.6 Å². The van der Waals surface area contributed by atoms with Gasteiger partial charge < -0.3 is 4.74 Å². The van der Waals surface area contributed by atoms with Gasteiger partial charge in [0.2, 0.25) is 0 Å². The van der Waals surface area contributed by atoms with E-state index in [1.165, 1.54) is 19.3 Å². The number of carbonyl (C=O) groups excluding carboxylic acids is 1. The van der Waals surface area contributed by atoms with E-state index in [2.05, 4.69) is 17.5 Å². The molecule has 0 aromatic heterocycles. The van der Waals surface area contributed by atoms with Gasteiger partial charge in [-0.1, -0.05) is 63.4 Å². The Morgan fingerprint density at radius 2 is 1.65 bits per heavy atom. The number of carbonyl (C=O) groups is 1. The Hall–Kier alpha value is -2.62. The number of hydrogen-bond acceptors (Lipinski definition) is 3. The van der Waals surface area contributed by atoms with Gasteiger partial charge in [0.05, 0.1) is 12.3 Å². The summed E-state index contributed by atoms with van der Waals surface area (Å²) in [6.45, 7) is 4.93. The van der Waals surface area contributed by atoms with Crippen molar-refractivity contribution in [3.63, 3.8) is 0 Å². The highest BCUT2D eigenvalue weighted by Gasteiger charge is 2.06. The number of benzene rings is 2. The SMILES string of the molecule is CCCCCCOc1ccc(C(=O)N/N=C(\CC)c2ccccc2)cc1. The summed E-state index contributed by atoms with van der Waals surface area (Å²) in [5.74, 6) is 0.571. The quantitative estimate of drug-likeness (QED) is 0.363. The van der Waals surface area contributed by atoms with Crippen LogP contribution in [-0.4, -0.2) is 18.2 Å². The highest BCUT2D eigenvalue weighted by molar-refractivity contribution is 6.02. The van der Waals surface area contributed by atoms with Crippen molar-refractivity contribution < 1.29 is 9.53 Å². The molecule has 0 unspecified atom stereocenters. The Balaban J connectivity index is 1.88. The summed E-state index contributed by atoms with van der Waals surface area (Å²) in [5, 5.41) is 4.28. The Morgan fingerprint density at radius 1 is 0.923 bits per heavy atom. The molecule has 0 fully saturated rings. The van der Waals surface area contributed by atoms with E-state index in [1.54, 1.807) is 12.1 Å². The summed E-state index contributed by atoms with van der Waals surface area (Å²) >= 11 is 0. The number of hydrogen-bond donors (Lipinski definition) is 1. The first-order valence-electron chi connectivity index (χ1n) is 9.39. The van der Waals surface area contributed by atoms with Crippen LogP contribution in [0.2, 0.25) is 0 Å². The lowest BCUT2D eigenvalue weighted by Gasteiger charge is -2.07. The van der Waals surface area contributed by atoms with Crippen molar-refractivity contribution in [2.24, 2.45) is 5.10 Å². The number of nitrogens with one attached hydrogen (secondary N) is 1. The first-order valence-corrected chi connectivity index (χ1v) is 9.39. The van der Waals surface area contributed by atoms with E-state index in [9.17, 15) is 4.79 Å². The molecule has 0 bridgehead atoms. The molecule has 0 saturated heterocycles. The van der Waals surface area contributed by atoms with Gasteiger partial charge in [-0.05, 0) is 42.7 Å². The van der Waals surface area contributed by atoms with Gasteiger partial charge in [-0.25, -0.2) is 5.43 Å². The molecule has 2 rings (SSSR count). The molecule has 0 spiro atoms. The average Bonchev–Trinajstić information content (AvgIpc) is 2.69. The van der Waals surface area contributed by atoms with Crippen LogP contribution >= 0.6 is 0 Å². The summed E-state index contributed by atoms with van der Waals surface area (Å²) in [4.78, 5) is 12.3. The molecule has 0 aliphatic carbocycles. The lowest BCUT2D eigenvalue weighted by atomic mass is 10.1. The summed E-state index contributed by atoms with van der Waals surface area (Å²) in [6, 6.07) is 17.0. The van der Waals surface area contributed by atoms with Crippen LogP contribution in [0.5, 0.6) is 5.75 Å². The fourth-order valence-corrected chi connectivity index (χ4v) is 2.58. The number of hydrazone groups is 1. The third-order valence-corrected chi connectivity index (χ3v) is 4.12. The molecule has 0 heterocycles. The molecule has 138 valence electrons. The lowest BCUT2D eigenvalue weighted by Crippen LogP contribution is -2.19. The highest BCUT2D eigenvalue weighted by atomic mass is 16.5. The number of nitrogens with zero attached hydrogens (tertiary/aromatic N) is 1. The number of rotatable bonds is 10. The minimum absolute atomic E-state index is 0.221. The zero-order valence-electron chi connectivity index (χ0n) is 15.7. The Bertz CT molecular complexity index is 694. The first kappa shape index (κ1) is 19.7. The largest absolute Gasteiger partial charge is 0.494 e. The van der Waals surface area contributed by atoms with E-state index < -0.39 is 0 Å². The van der Waals surface area contributed by atoms with Gasteiger partial charge >= 0.3 is 0 Å². The number of unbranched alkanes of at least 4 members (excludes halogenated alkanes) is 3. The smallest absolute Gasteiger partial charge is 0.271 e. The predicted molar refractivity (Wildman–Crippen MR) is 107 cm³/mol. The molecule has 2 aromatic carbocycles. The second-order valence-electron chi connectivity index (χ2n) is 6.15. The number of ether oxygens (including phenoxy) is 1. The summed E-state index contributed by atoms with van der Waals surface area (Å²) in [5.41, 5.74) is 5.08. The van der Waals surface area contributed by atoms with Crippen molar-refractivity contribution in [3.8, 4) is 5.75 Å². The zero-order chi connectivity index (χ0) is 18.6. The minimum Gasteiger partial charge on any atom is -0.494 e. The fraction of sp³-hybridized carbons (Fsp3) is 0.364. The van der Waals surface area contributed by atoms with Crippen LogP contribution in [0.15, 0.2) is 59.7 Å². The summed E-state index contributed by atoms with van der Waals surface area (Å²) < 4.78 is 5.70. The van der Waals surface area contributed by atoms with Gasteiger partial charge in [-0.2, -0.15) is 5.10 Å². The van der Waals surface area contributed by atoms with Crippen LogP contribution in [-0.2, 0) is 0 Å². The van der Waals surface area contributed by atoms with Gasteiger partial charge in [0.1, 0.15) is 5.75 Å². The molecule has 4 heteroatoms. The molecule has 1 N–H and O–H groups in total. The maximum Gasteiger partial charge on any atom is 0.271 e. The van der Waals surface area contributed by atoms with E-state index >= 15 is 0 Å². The monoisotopic (exact) mass is 352 g/mol. The van der Waals surface area contributed by atoms with Gasteiger partial charge in [0, 0.05) is 5.56 Å². The lowest BCUT2D eigenvalue weighted by molar-refractivity contribution is 0.0954. The predicted octanol–water partition coefficient (Wildman–Crippen LogP) is 5.19. The van der Waals surface area contributed by atoms with Gasteiger partial charge in [0.25, 0.3) is 5.91 Å². The average molecular weight is 352 g/mol. The maximum absolute atomic E-state index is 12.3. The van der Waals surface area contributed by atoms with Gasteiger partial charge in [0.15, 0.2) is 0 Å². The molecule has 0 aliphatic heterocycles. The highest BCUT2D eigenvalue weighted by Crippen LogP contribution is 2.13. The summed E-state index contributed by atoms with van der Waals surface area (Å²) in [6.07, 6.45) is 5.46. The van der Waals surface area contributed by atoms with Crippen LogP contribution in [0.1, 0.15) is 61.9 Å². The van der Waals surface area contributed by atoms with Crippen LogP contribution in [0.25, 0.3) is 0 Å². The molecule has 0 atom stereocenters. The molecule has 26 heavy (non-hydrogen) atoms. The molecule has 2 aromatic rings. The Kier molecular flexibility index (Phi) is 8.40. The van der Waals surface area contributed by atoms with Crippen molar-refractivity contribution in [2.75, 3.05) is 6.61 Å². The standard InChI is InChI=1S/C22H28N2O2/c1-3-5-6-10-17-26-20-15-13-19(14-16-20)22(25)24-23-21(4-2)18-11-8-7-9-12-18/h7-9,11-16H,3-6,10,17H2,1-2H3,(H,24,25)/b23-21+. The minimum atomic E-state index is -0.221. The van der Waals surface area contributed by atoms with Crippen LogP contribution < -0.4 is 10.2 Å². The van der Waals surface area contributed by atoms with E-state index in [-0.39, 0.29) is 5.91 Å². The molecule has 0 radical (unpaired) electrons. The summed E-state index contributed by atoms with van der Waals surface area (Å²) in [7, 11) is 0. The van der Waals surface area contributed by atoms with Crippen LogP contribution in [0, 0.1) is 0 Å². The molecular formula is C22H28N2O2. The normalized spacial score (nSPS) is 11.2. The molecule has 1 amide bonds.